The maximum Gasteiger partial charge on any atom is 0.263 e. The topological polar surface area (TPSA) is 94.4 Å². The van der Waals surface area contributed by atoms with Crippen molar-refractivity contribution in [3.8, 4) is 0 Å². The third-order valence-electron chi connectivity index (χ3n) is 4.37. The third kappa shape index (κ3) is 3.21. The van der Waals surface area contributed by atoms with Gasteiger partial charge in [-0.15, -0.1) is 0 Å². The molecule has 2 aromatic carbocycles. The number of para-hydroxylation sites is 1. The molecule has 10 heteroatoms. The Bertz CT molecular complexity index is 998. The molecule has 0 radical (unpaired) electrons. The number of hydrogen-bond acceptors (Lipinski definition) is 6. The van der Waals surface area contributed by atoms with E-state index in [1.807, 2.05) is 6.07 Å². The minimum absolute atomic E-state index is 0.166. The smallest absolute Gasteiger partial charge is 0.263 e. The number of nitrogens with one attached hydrogen (secondary N) is 1. The lowest BCUT2D eigenvalue weighted by molar-refractivity contribution is -0.123. The predicted molar refractivity (Wildman–Crippen MR) is 103 cm³/mol. The van der Waals surface area contributed by atoms with Crippen molar-refractivity contribution in [2.45, 2.75) is 12.1 Å². The first-order chi connectivity index (χ1) is 13.5. The second-order valence-corrected chi connectivity index (χ2v) is 7.06. The molecule has 3 amide bonds. The summed E-state index contributed by atoms with van der Waals surface area (Å²) in [5, 5.41) is 12.2. The van der Waals surface area contributed by atoms with E-state index in [2.05, 4.69) is 15.7 Å². The summed E-state index contributed by atoms with van der Waals surface area (Å²) in [5.74, 6) is -1.47. The SMILES string of the molecule is O=C(CN1N=N[C@@H]2C(=O)N(c3ccc(Cl)cc3Cl)C(=O)[C@H]21)Nc1ccccc1. The Morgan fingerprint density at radius 1 is 1.07 bits per heavy atom. The molecule has 8 nitrogen and oxygen atoms in total. The van der Waals surface area contributed by atoms with Crippen LogP contribution in [0.2, 0.25) is 10.0 Å². The van der Waals surface area contributed by atoms with Crippen molar-refractivity contribution >= 4 is 52.3 Å². The van der Waals surface area contributed by atoms with Crippen LogP contribution in [0.5, 0.6) is 0 Å². The van der Waals surface area contributed by atoms with Crippen LogP contribution in [0.4, 0.5) is 11.4 Å². The summed E-state index contributed by atoms with van der Waals surface area (Å²) < 4.78 is 0. The number of nitrogens with zero attached hydrogens (tertiary/aromatic N) is 4. The molecule has 4 rings (SSSR count). The summed E-state index contributed by atoms with van der Waals surface area (Å²) >= 11 is 12.0. The van der Waals surface area contributed by atoms with E-state index < -0.39 is 23.9 Å². The normalized spacial score (nSPS) is 20.6. The Hall–Kier alpha value is -2.97. The van der Waals surface area contributed by atoms with Gasteiger partial charge in [0, 0.05) is 10.7 Å². The first-order valence-corrected chi connectivity index (χ1v) is 9.06. The van der Waals surface area contributed by atoms with Crippen LogP contribution in [0.3, 0.4) is 0 Å². The van der Waals surface area contributed by atoms with Crippen LogP contribution in [0.25, 0.3) is 0 Å². The Morgan fingerprint density at radius 2 is 1.82 bits per heavy atom. The predicted octanol–water partition coefficient (Wildman–Crippen LogP) is 2.93. The van der Waals surface area contributed by atoms with Crippen molar-refractivity contribution in [2.24, 2.45) is 10.3 Å². The quantitative estimate of drug-likeness (QED) is 0.773. The molecule has 0 bridgehead atoms. The molecule has 2 aliphatic heterocycles. The van der Waals surface area contributed by atoms with Crippen LogP contribution in [0.15, 0.2) is 58.9 Å². The molecular weight excluding hydrogens is 405 g/mol. The van der Waals surface area contributed by atoms with Gasteiger partial charge >= 0.3 is 0 Å². The van der Waals surface area contributed by atoms with Crippen molar-refractivity contribution in [3.05, 3.63) is 58.6 Å². The number of benzene rings is 2. The first-order valence-electron chi connectivity index (χ1n) is 8.31. The zero-order chi connectivity index (χ0) is 19.8. The van der Waals surface area contributed by atoms with E-state index in [-0.39, 0.29) is 23.2 Å². The van der Waals surface area contributed by atoms with Crippen molar-refractivity contribution in [1.29, 1.82) is 0 Å². The zero-order valence-corrected chi connectivity index (χ0v) is 15.8. The van der Waals surface area contributed by atoms with Crippen LogP contribution >= 0.6 is 23.2 Å². The number of rotatable bonds is 4. The van der Waals surface area contributed by atoms with Crippen molar-refractivity contribution in [1.82, 2.24) is 5.01 Å². The second-order valence-electron chi connectivity index (χ2n) is 6.21. The molecule has 142 valence electrons. The highest BCUT2D eigenvalue weighted by Gasteiger charge is 2.55. The van der Waals surface area contributed by atoms with Crippen molar-refractivity contribution in [3.63, 3.8) is 0 Å². The average molecular weight is 418 g/mol. The van der Waals surface area contributed by atoms with E-state index in [1.165, 1.54) is 23.2 Å². The van der Waals surface area contributed by atoms with Gasteiger partial charge in [0.1, 0.15) is 6.54 Å². The largest absolute Gasteiger partial charge is 0.324 e. The van der Waals surface area contributed by atoms with Gasteiger partial charge in [-0.3, -0.25) is 19.4 Å². The van der Waals surface area contributed by atoms with Gasteiger partial charge in [-0.25, -0.2) is 4.90 Å². The number of anilines is 2. The number of carbonyl (C=O) groups excluding carboxylic acids is 3. The van der Waals surface area contributed by atoms with Gasteiger partial charge in [0.2, 0.25) is 5.91 Å². The van der Waals surface area contributed by atoms with Crippen LogP contribution in [0.1, 0.15) is 0 Å². The van der Waals surface area contributed by atoms with Crippen molar-refractivity contribution < 1.29 is 14.4 Å². The van der Waals surface area contributed by atoms with Gasteiger partial charge in [-0.2, -0.15) is 5.11 Å². The molecule has 1 N–H and O–H groups in total. The van der Waals surface area contributed by atoms with Gasteiger partial charge < -0.3 is 5.32 Å². The van der Waals surface area contributed by atoms with E-state index in [0.29, 0.717) is 10.7 Å². The fraction of sp³-hybridized carbons (Fsp3) is 0.167. The fourth-order valence-electron chi connectivity index (χ4n) is 3.12. The molecule has 1 fully saturated rings. The highest BCUT2D eigenvalue weighted by atomic mass is 35.5. The van der Waals surface area contributed by atoms with Gasteiger partial charge in [-0.1, -0.05) is 46.6 Å². The van der Waals surface area contributed by atoms with Crippen LogP contribution in [-0.2, 0) is 14.4 Å². The molecule has 2 aliphatic rings. The van der Waals surface area contributed by atoms with Crippen LogP contribution < -0.4 is 10.2 Å². The number of carbonyl (C=O) groups is 3. The van der Waals surface area contributed by atoms with E-state index in [9.17, 15) is 14.4 Å². The third-order valence-corrected chi connectivity index (χ3v) is 4.91. The molecule has 0 aliphatic carbocycles. The number of hydrogen-bond donors (Lipinski definition) is 1. The van der Waals surface area contributed by atoms with E-state index in [4.69, 9.17) is 23.2 Å². The molecule has 28 heavy (non-hydrogen) atoms. The van der Waals surface area contributed by atoms with Gasteiger partial charge in [-0.05, 0) is 30.3 Å². The molecular formula is C18H13Cl2N5O3. The van der Waals surface area contributed by atoms with Crippen LogP contribution in [-0.4, -0.2) is 41.4 Å². The van der Waals surface area contributed by atoms with E-state index in [1.54, 1.807) is 24.3 Å². The molecule has 2 heterocycles. The van der Waals surface area contributed by atoms with E-state index >= 15 is 0 Å². The number of halogens is 2. The number of fused-ring (bicyclic) bond motifs is 1. The molecule has 1 saturated heterocycles. The van der Waals surface area contributed by atoms with E-state index in [0.717, 1.165) is 4.90 Å². The summed E-state index contributed by atoms with van der Waals surface area (Å²) in [6.45, 7) is -0.221. The Kier molecular flexibility index (Phi) is 4.74. The second kappa shape index (κ2) is 7.21. The maximum atomic E-state index is 12.9. The molecule has 0 saturated carbocycles. The van der Waals surface area contributed by atoms with Gasteiger partial charge in [0.05, 0.1) is 10.7 Å². The van der Waals surface area contributed by atoms with Gasteiger partial charge in [0.15, 0.2) is 12.1 Å². The molecule has 2 atom stereocenters. The Morgan fingerprint density at radius 3 is 2.54 bits per heavy atom. The van der Waals surface area contributed by atoms with Crippen molar-refractivity contribution in [2.75, 3.05) is 16.8 Å². The molecule has 0 spiro atoms. The summed E-state index contributed by atoms with van der Waals surface area (Å²) in [6.07, 6.45) is 0. The Labute approximate surface area is 169 Å². The zero-order valence-electron chi connectivity index (χ0n) is 14.3. The fourth-order valence-corrected chi connectivity index (χ4v) is 3.62. The molecule has 0 unspecified atom stereocenters. The number of amides is 3. The van der Waals surface area contributed by atoms with Gasteiger partial charge in [0.25, 0.3) is 11.8 Å². The lowest BCUT2D eigenvalue weighted by atomic mass is 10.1. The average Bonchev–Trinajstić information content (AvgIpc) is 3.17. The standard InChI is InChI=1S/C18H13Cl2N5O3/c19-10-6-7-13(12(20)8-10)25-17(27)15-16(18(25)28)24(23-22-15)9-14(26)21-11-4-2-1-3-5-11/h1-8,15-16H,9H2,(H,21,26)/t15-,16-/m0/s1. The lowest BCUT2D eigenvalue weighted by Gasteiger charge is -2.20. The highest BCUT2D eigenvalue weighted by Crippen LogP contribution is 2.36. The molecule has 0 aromatic heterocycles. The summed E-state index contributed by atoms with van der Waals surface area (Å²) in [4.78, 5) is 38.8. The minimum atomic E-state index is -1.01. The summed E-state index contributed by atoms with van der Waals surface area (Å²) in [6, 6.07) is 11.3. The summed E-state index contributed by atoms with van der Waals surface area (Å²) in [7, 11) is 0. The minimum Gasteiger partial charge on any atom is -0.324 e. The number of imide groups is 1. The van der Waals surface area contributed by atoms with Crippen LogP contribution in [0, 0.1) is 0 Å². The monoisotopic (exact) mass is 417 g/mol. The first kappa shape index (κ1) is 18.4. The highest BCUT2D eigenvalue weighted by molar-refractivity contribution is 6.38. The Balaban J connectivity index is 1.52. The summed E-state index contributed by atoms with van der Waals surface area (Å²) in [5.41, 5.74) is 0.836. The molecule has 2 aromatic rings. The maximum absolute atomic E-state index is 12.9. The lowest BCUT2D eigenvalue weighted by Crippen LogP contribution is -2.43.